The molecule has 2 saturated heterocycles. The maximum absolute atomic E-state index is 13.3. The van der Waals surface area contributed by atoms with Crippen LogP contribution in [0, 0.1) is 17.6 Å². The molecule has 1 atom stereocenters. The number of rotatable bonds is 5. The maximum atomic E-state index is 13.3. The van der Waals surface area contributed by atoms with Gasteiger partial charge in [0.15, 0.2) is 5.65 Å². The van der Waals surface area contributed by atoms with Gasteiger partial charge in [-0.25, -0.2) is 23.4 Å². The summed E-state index contributed by atoms with van der Waals surface area (Å²) in [6.07, 6.45) is 5.48. The van der Waals surface area contributed by atoms with Crippen LogP contribution in [0.1, 0.15) is 18.9 Å². The van der Waals surface area contributed by atoms with Crippen LogP contribution in [0.5, 0.6) is 5.75 Å². The maximum Gasteiger partial charge on any atom is 0.179 e. The topological polar surface area (TPSA) is 65.3 Å². The Morgan fingerprint density at radius 1 is 1.14 bits per heavy atom. The Labute approximate surface area is 166 Å². The first-order valence-corrected chi connectivity index (χ1v) is 9.77. The third kappa shape index (κ3) is 3.74. The molecule has 0 saturated carbocycles. The van der Waals surface area contributed by atoms with Crippen LogP contribution in [0.3, 0.4) is 0 Å². The van der Waals surface area contributed by atoms with Gasteiger partial charge in [0.2, 0.25) is 0 Å². The molecule has 29 heavy (non-hydrogen) atoms. The normalized spacial score (nSPS) is 20.1. The predicted molar refractivity (Wildman–Crippen MR) is 102 cm³/mol. The molecular weight excluding hydrogens is 380 g/mol. The molecule has 0 radical (unpaired) electrons. The van der Waals surface area contributed by atoms with E-state index in [4.69, 9.17) is 14.5 Å². The van der Waals surface area contributed by atoms with Crippen molar-refractivity contribution >= 4 is 17.0 Å². The first-order valence-electron chi connectivity index (χ1n) is 9.77. The lowest BCUT2D eigenvalue weighted by atomic mass is 9.99. The number of ether oxygens (including phenoxy) is 2. The first kappa shape index (κ1) is 18.2. The number of benzene rings is 1. The van der Waals surface area contributed by atoms with Crippen molar-refractivity contribution in [2.75, 3.05) is 37.8 Å². The quantitative estimate of drug-likeness (QED) is 0.655. The molecule has 4 heterocycles. The van der Waals surface area contributed by atoms with Crippen molar-refractivity contribution in [1.29, 1.82) is 0 Å². The minimum absolute atomic E-state index is 0.214. The number of fused-ring (bicyclic) bond motifs is 1. The van der Waals surface area contributed by atoms with Crippen molar-refractivity contribution in [3.8, 4) is 5.75 Å². The molecule has 0 N–H and O–H groups in total. The Balaban J connectivity index is 1.28. The van der Waals surface area contributed by atoms with Crippen molar-refractivity contribution in [2.24, 2.45) is 5.92 Å². The summed E-state index contributed by atoms with van der Waals surface area (Å²) in [7, 11) is 0. The van der Waals surface area contributed by atoms with E-state index >= 15 is 0 Å². The van der Waals surface area contributed by atoms with Gasteiger partial charge in [-0.2, -0.15) is 5.10 Å². The van der Waals surface area contributed by atoms with Crippen molar-refractivity contribution in [3.05, 3.63) is 42.2 Å². The molecule has 152 valence electrons. The average molecular weight is 401 g/mol. The van der Waals surface area contributed by atoms with Crippen molar-refractivity contribution in [2.45, 2.75) is 18.9 Å². The van der Waals surface area contributed by atoms with Gasteiger partial charge in [-0.05, 0) is 12.8 Å². The highest BCUT2D eigenvalue weighted by atomic mass is 19.1. The summed E-state index contributed by atoms with van der Waals surface area (Å²) in [6, 6.07) is 3.46. The van der Waals surface area contributed by atoms with Gasteiger partial charge in [-0.1, -0.05) is 0 Å². The SMILES string of the molecule is Fc1cc(F)cc(OCC2CCCN(c3cnc4cnn(C5COC5)c4n3)C2)c1. The Morgan fingerprint density at radius 2 is 1.97 bits per heavy atom. The van der Waals surface area contributed by atoms with E-state index < -0.39 is 11.6 Å². The van der Waals surface area contributed by atoms with Crippen LogP contribution in [0.2, 0.25) is 0 Å². The zero-order valence-electron chi connectivity index (χ0n) is 15.8. The lowest BCUT2D eigenvalue weighted by Crippen LogP contribution is -2.38. The zero-order valence-corrected chi connectivity index (χ0v) is 15.8. The summed E-state index contributed by atoms with van der Waals surface area (Å²) in [5, 5.41) is 4.41. The summed E-state index contributed by atoms with van der Waals surface area (Å²) in [4.78, 5) is 11.5. The second kappa shape index (κ2) is 7.55. The number of anilines is 1. The van der Waals surface area contributed by atoms with Crippen molar-refractivity contribution in [1.82, 2.24) is 19.7 Å². The third-order valence-electron chi connectivity index (χ3n) is 5.42. The molecule has 0 spiro atoms. The Bertz CT molecular complexity index is 1000. The number of hydrogen-bond acceptors (Lipinski definition) is 6. The van der Waals surface area contributed by atoms with Crippen LogP contribution in [0.4, 0.5) is 14.6 Å². The van der Waals surface area contributed by atoms with Gasteiger partial charge in [0.1, 0.15) is 34.8 Å². The van der Waals surface area contributed by atoms with Gasteiger partial charge in [-0.15, -0.1) is 0 Å². The summed E-state index contributed by atoms with van der Waals surface area (Å²) in [5.41, 5.74) is 1.54. The van der Waals surface area contributed by atoms with Crippen molar-refractivity contribution < 1.29 is 18.3 Å². The van der Waals surface area contributed by atoms with E-state index in [0.29, 0.717) is 19.8 Å². The molecule has 2 aromatic heterocycles. The first-order chi connectivity index (χ1) is 14.2. The molecule has 7 nitrogen and oxygen atoms in total. The lowest BCUT2D eigenvalue weighted by Gasteiger charge is -2.33. The van der Waals surface area contributed by atoms with E-state index in [1.807, 2.05) is 4.68 Å². The van der Waals surface area contributed by atoms with Gasteiger partial charge < -0.3 is 14.4 Å². The van der Waals surface area contributed by atoms with Crippen LogP contribution in [0.25, 0.3) is 11.2 Å². The fourth-order valence-corrected chi connectivity index (χ4v) is 3.83. The largest absolute Gasteiger partial charge is 0.493 e. The highest BCUT2D eigenvalue weighted by Gasteiger charge is 2.26. The van der Waals surface area contributed by atoms with Crippen LogP contribution in [0.15, 0.2) is 30.6 Å². The average Bonchev–Trinajstić information content (AvgIpc) is 3.07. The van der Waals surface area contributed by atoms with Gasteiger partial charge in [-0.3, -0.25) is 0 Å². The molecular formula is C20H21F2N5O2. The van der Waals surface area contributed by atoms with Crippen LogP contribution < -0.4 is 9.64 Å². The second-order valence-corrected chi connectivity index (χ2v) is 7.59. The van der Waals surface area contributed by atoms with E-state index in [0.717, 1.165) is 49.0 Å². The van der Waals surface area contributed by atoms with Crippen molar-refractivity contribution in [3.63, 3.8) is 0 Å². The Morgan fingerprint density at radius 3 is 2.72 bits per heavy atom. The molecule has 0 bridgehead atoms. The minimum Gasteiger partial charge on any atom is -0.493 e. The molecule has 2 fully saturated rings. The third-order valence-corrected chi connectivity index (χ3v) is 5.42. The summed E-state index contributed by atoms with van der Waals surface area (Å²) >= 11 is 0. The number of nitrogens with zero attached hydrogens (tertiary/aromatic N) is 5. The molecule has 9 heteroatoms. The molecule has 3 aromatic rings. The standard InChI is InChI=1S/C20H21F2N5O2/c21-14-4-15(22)6-17(5-14)29-10-13-2-1-3-26(9-13)19-8-23-18-7-24-27(20(18)25-19)16-11-28-12-16/h4-8,13,16H,1-3,9-12H2. The molecule has 2 aliphatic heterocycles. The molecule has 0 aliphatic carbocycles. The molecule has 0 amide bonds. The summed E-state index contributed by atoms with van der Waals surface area (Å²) in [5.74, 6) is -0.0180. The van der Waals surface area contributed by atoms with Crippen LogP contribution in [-0.2, 0) is 4.74 Å². The Kier molecular flexibility index (Phi) is 4.75. The fourth-order valence-electron chi connectivity index (χ4n) is 3.83. The van der Waals surface area contributed by atoms with Crippen LogP contribution >= 0.6 is 0 Å². The monoisotopic (exact) mass is 401 g/mol. The summed E-state index contributed by atoms with van der Waals surface area (Å²) < 4.78 is 39.5. The van der Waals surface area contributed by atoms with E-state index in [1.165, 1.54) is 12.1 Å². The van der Waals surface area contributed by atoms with Gasteiger partial charge in [0, 0.05) is 37.2 Å². The molecule has 2 aliphatic rings. The van der Waals surface area contributed by atoms with E-state index in [9.17, 15) is 8.78 Å². The number of halogens is 2. The van der Waals surface area contributed by atoms with E-state index in [1.54, 1.807) is 12.4 Å². The molecule has 5 rings (SSSR count). The second-order valence-electron chi connectivity index (χ2n) is 7.59. The van der Waals surface area contributed by atoms with Gasteiger partial charge in [0.05, 0.1) is 32.2 Å². The minimum atomic E-state index is -0.637. The number of hydrogen-bond donors (Lipinski definition) is 0. The van der Waals surface area contributed by atoms with Gasteiger partial charge >= 0.3 is 0 Å². The number of piperidine rings is 1. The van der Waals surface area contributed by atoms with E-state index in [-0.39, 0.29) is 17.7 Å². The number of aromatic nitrogens is 4. The molecule has 1 aromatic carbocycles. The highest BCUT2D eigenvalue weighted by Crippen LogP contribution is 2.26. The summed E-state index contributed by atoms with van der Waals surface area (Å²) in [6.45, 7) is 3.32. The van der Waals surface area contributed by atoms with Crippen LogP contribution in [-0.4, -0.2) is 52.7 Å². The predicted octanol–water partition coefficient (Wildman–Crippen LogP) is 2.97. The van der Waals surface area contributed by atoms with E-state index in [2.05, 4.69) is 15.0 Å². The molecule has 1 unspecified atom stereocenters. The smallest absolute Gasteiger partial charge is 0.179 e. The fraction of sp³-hybridized carbons (Fsp3) is 0.450. The highest BCUT2D eigenvalue weighted by molar-refractivity contribution is 5.71. The van der Waals surface area contributed by atoms with Gasteiger partial charge in [0.25, 0.3) is 0 Å². The zero-order chi connectivity index (χ0) is 19.8. The Hall–Kier alpha value is -2.81. The lowest BCUT2D eigenvalue weighted by molar-refractivity contribution is -0.0269.